The first-order valence-electron chi connectivity index (χ1n) is 8.33. The van der Waals surface area contributed by atoms with E-state index in [0.717, 1.165) is 25.9 Å². The van der Waals surface area contributed by atoms with Gasteiger partial charge in [-0.15, -0.1) is 0 Å². The normalized spacial score (nSPS) is 29.4. The van der Waals surface area contributed by atoms with Gasteiger partial charge in [0.25, 0.3) is 0 Å². The van der Waals surface area contributed by atoms with Crippen LogP contribution in [0.4, 0.5) is 0 Å². The molecule has 2 aliphatic rings. The third-order valence-corrected chi connectivity index (χ3v) is 4.65. The summed E-state index contributed by atoms with van der Waals surface area (Å²) in [5.41, 5.74) is -0.0561. The average molecular weight is 314 g/mol. The minimum atomic E-state index is -0.447. The zero-order valence-corrected chi connectivity index (χ0v) is 13.9. The number of amides is 1. The molecule has 2 saturated heterocycles. The number of aliphatic hydroxyl groups is 1. The molecule has 3 unspecified atom stereocenters. The minimum absolute atomic E-state index is 0.0561. The summed E-state index contributed by atoms with van der Waals surface area (Å²) in [6.07, 6.45) is 3.35. The lowest BCUT2D eigenvalue weighted by molar-refractivity contribution is -0.124. The number of ether oxygens (including phenoxy) is 2. The van der Waals surface area contributed by atoms with E-state index in [4.69, 9.17) is 14.6 Å². The number of rotatable bonds is 8. The number of carbonyl (C=O) groups is 1. The van der Waals surface area contributed by atoms with E-state index < -0.39 is 6.61 Å². The minimum Gasteiger partial charge on any atom is -0.387 e. The largest absolute Gasteiger partial charge is 0.387 e. The fraction of sp³-hybridized carbons (Fsp3) is 0.938. The Morgan fingerprint density at radius 2 is 2.18 bits per heavy atom. The van der Waals surface area contributed by atoms with Gasteiger partial charge >= 0.3 is 0 Å². The SMILES string of the molecule is CCC(CNC(=O)CO)CC(C)(C)N[C@@H]1COC2CCOC21. The monoisotopic (exact) mass is 314 g/mol. The van der Waals surface area contributed by atoms with Gasteiger partial charge in [-0.05, 0) is 32.6 Å². The number of aliphatic hydroxyl groups excluding tert-OH is 1. The molecule has 2 aliphatic heterocycles. The first-order valence-corrected chi connectivity index (χ1v) is 8.33. The predicted molar refractivity (Wildman–Crippen MR) is 83.6 cm³/mol. The van der Waals surface area contributed by atoms with Crippen LogP contribution >= 0.6 is 0 Å². The lowest BCUT2D eigenvalue weighted by Gasteiger charge is -2.34. The first-order chi connectivity index (χ1) is 10.4. The predicted octanol–water partition coefficient (Wildman–Crippen LogP) is 0.436. The molecule has 2 fully saturated rings. The summed E-state index contributed by atoms with van der Waals surface area (Å²) < 4.78 is 11.6. The lowest BCUT2D eigenvalue weighted by atomic mass is 9.87. The molecule has 2 rings (SSSR count). The highest BCUT2D eigenvalue weighted by Gasteiger charge is 2.43. The second-order valence-electron chi connectivity index (χ2n) is 7.07. The second kappa shape index (κ2) is 7.73. The molecule has 22 heavy (non-hydrogen) atoms. The molecule has 0 saturated carbocycles. The Kier molecular flexibility index (Phi) is 6.20. The van der Waals surface area contributed by atoms with Gasteiger partial charge in [0.15, 0.2) is 0 Å². The van der Waals surface area contributed by atoms with E-state index in [9.17, 15) is 4.79 Å². The molecule has 4 atom stereocenters. The molecule has 3 N–H and O–H groups in total. The van der Waals surface area contributed by atoms with Crippen molar-refractivity contribution >= 4 is 5.91 Å². The molecule has 0 aliphatic carbocycles. The molecular formula is C16H30N2O4. The van der Waals surface area contributed by atoms with E-state index in [1.54, 1.807) is 0 Å². The zero-order valence-electron chi connectivity index (χ0n) is 13.9. The molecule has 1 amide bonds. The summed E-state index contributed by atoms with van der Waals surface area (Å²) in [6, 6.07) is 0.243. The molecule has 0 aromatic carbocycles. The molecule has 0 radical (unpaired) electrons. The van der Waals surface area contributed by atoms with E-state index >= 15 is 0 Å². The number of hydrogen-bond acceptors (Lipinski definition) is 5. The van der Waals surface area contributed by atoms with Crippen molar-refractivity contribution in [3.8, 4) is 0 Å². The van der Waals surface area contributed by atoms with Crippen molar-refractivity contribution in [2.24, 2.45) is 5.92 Å². The maximum Gasteiger partial charge on any atom is 0.245 e. The van der Waals surface area contributed by atoms with Gasteiger partial charge in [0.2, 0.25) is 5.91 Å². The van der Waals surface area contributed by atoms with Gasteiger partial charge in [-0.3, -0.25) is 4.79 Å². The van der Waals surface area contributed by atoms with Gasteiger partial charge in [0.1, 0.15) is 12.7 Å². The standard InChI is InChI=1S/C16H30N2O4/c1-4-11(8-17-14(20)9-19)7-16(2,3)18-12-10-22-13-5-6-21-15(12)13/h11-13,15,18-19H,4-10H2,1-3H3,(H,17,20)/t11?,12-,13?,15?/m1/s1. The van der Waals surface area contributed by atoms with Gasteiger partial charge in [-0.25, -0.2) is 0 Å². The fourth-order valence-electron chi connectivity index (χ4n) is 3.55. The maximum atomic E-state index is 11.2. The summed E-state index contributed by atoms with van der Waals surface area (Å²) >= 11 is 0. The Hall–Kier alpha value is -0.690. The van der Waals surface area contributed by atoms with Crippen LogP contribution in [0.2, 0.25) is 0 Å². The number of fused-ring (bicyclic) bond motifs is 1. The summed E-state index contributed by atoms with van der Waals surface area (Å²) in [4.78, 5) is 11.2. The summed E-state index contributed by atoms with van der Waals surface area (Å²) in [5, 5.41) is 15.2. The number of nitrogens with one attached hydrogen (secondary N) is 2. The second-order valence-corrected chi connectivity index (χ2v) is 7.07. The number of carbonyl (C=O) groups excluding carboxylic acids is 1. The molecule has 0 spiro atoms. The summed E-state index contributed by atoms with van der Waals surface area (Å²) in [7, 11) is 0. The van der Waals surface area contributed by atoms with Crippen LogP contribution in [0.1, 0.15) is 40.0 Å². The molecule has 6 nitrogen and oxygen atoms in total. The molecule has 128 valence electrons. The van der Waals surface area contributed by atoms with Crippen LogP contribution in [-0.4, -0.2) is 61.2 Å². The van der Waals surface area contributed by atoms with Crippen LogP contribution in [0.5, 0.6) is 0 Å². The Bertz CT molecular complexity index is 375. The molecule has 2 heterocycles. The van der Waals surface area contributed by atoms with Crippen molar-refractivity contribution in [3.63, 3.8) is 0 Å². The highest BCUT2D eigenvalue weighted by molar-refractivity contribution is 5.76. The van der Waals surface area contributed by atoms with Crippen molar-refractivity contribution in [2.75, 3.05) is 26.4 Å². The van der Waals surface area contributed by atoms with E-state index in [1.807, 2.05) is 0 Å². The molecular weight excluding hydrogens is 284 g/mol. The Morgan fingerprint density at radius 1 is 1.41 bits per heavy atom. The van der Waals surface area contributed by atoms with Crippen LogP contribution in [0.3, 0.4) is 0 Å². The first kappa shape index (κ1) is 17.7. The van der Waals surface area contributed by atoms with Crippen LogP contribution in [0.25, 0.3) is 0 Å². The van der Waals surface area contributed by atoms with E-state index in [-0.39, 0.29) is 29.7 Å². The molecule has 0 bridgehead atoms. The van der Waals surface area contributed by atoms with E-state index in [2.05, 4.69) is 31.4 Å². The Morgan fingerprint density at radius 3 is 2.86 bits per heavy atom. The smallest absolute Gasteiger partial charge is 0.245 e. The van der Waals surface area contributed by atoms with Crippen LogP contribution in [0, 0.1) is 5.92 Å². The quantitative estimate of drug-likeness (QED) is 0.606. The molecule has 0 aromatic rings. The van der Waals surface area contributed by atoms with Gasteiger partial charge in [-0.1, -0.05) is 13.3 Å². The third kappa shape index (κ3) is 4.65. The van der Waals surface area contributed by atoms with E-state index in [0.29, 0.717) is 19.1 Å². The molecule has 6 heteroatoms. The van der Waals surface area contributed by atoms with Gasteiger partial charge < -0.3 is 25.2 Å². The Labute approximate surface area is 132 Å². The van der Waals surface area contributed by atoms with E-state index in [1.165, 1.54) is 0 Å². The van der Waals surface area contributed by atoms with Crippen molar-refractivity contribution in [1.82, 2.24) is 10.6 Å². The van der Waals surface area contributed by atoms with Gasteiger partial charge in [0, 0.05) is 18.7 Å². The Balaban J connectivity index is 1.82. The highest BCUT2D eigenvalue weighted by atomic mass is 16.6. The fourth-order valence-corrected chi connectivity index (χ4v) is 3.55. The molecule has 0 aromatic heterocycles. The van der Waals surface area contributed by atoms with Crippen molar-refractivity contribution < 1.29 is 19.4 Å². The number of hydrogen-bond donors (Lipinski definition) is 3. The van der Waals surface area contributed by atoms with Crippen molar-refractivity contribution in [1.29, 1.82) is 0 Å². The van der Waals surface area contributed by atoms with Gasteiger partial charge in [-0.2, -0.15) is 0 Å². The summed E-state index contributed by atoms with van der Waals surface area (Å²) in [6.45, 7) is 8.15. The lowest BCUT2D eigenvalue weighted by Crippen LogP contribution is -2.52. The topological polar surface area (TPSA) is 79.8 Å². The van der Waals surface area contributed by atoms with Crippen molar-refractivity contribution in [3.05, 3.63) is 0 Å². The summed E-state index contributed by atoms with van der Waals surface area (Å²) in [5.74, 6) is 0.0659. The maximum absolute atomic E-state index is 11.2. The zero-order chi connectivity index (χ0) is 16.2. The van der Waals surface area contributed by atoms with Crippen molar-refractivity contribution in [2.45, 2.75) is 63.8 Å². The third-order valence-electron chi connectivity index (χ3n) is 4.65. The van der Waals surface area contributed by atoms with Gasteiger partial charge in [0.05, 0.1) is 18.8 Å². The van der Waals surface area contributed by atoms with Crippen LogP contribution < -0.4 is 10.6 Å². The van der Waals surface area contributed by atoms with Crippen LogP contribution in [0.15, 0.2) is 0 Å². The average Bonchev–Trinajstić information content (AvgIpc) is 3.07. The highest BCUT2D eigenvalue weighted by Crippen LogP contribution is 2.29. The van der Waals surface area contributed by atoms with Crippen LogP contribution in [-0.2, 0) is 14.3 Å².